The molecule has 0 radical (unpaired) electrons. The number of amides is 1. The highest BCUT2D eigenvalue weighted by Crippen LogP contribution is 2.42. The quantitative estimate of drug-likeness (QED) is 0.613. The lowest BCUT2D eigenvalue weighted by atomic mass is 9.85. The van der Waals surface area contributed by atoms with Gasteiger partial charge in [-0.2, -0.15) is 4.31 Å². The standard InChI is InChI=1S/C23H29N3O5S2/c24-32(28,29)19-12-10-17(11-13-19)14-15-25-23(27)22-16-18-6-4-5-9-21(18)26(22)33(30,31)20-7-2-1-3-8-20/h1-3,7-8,10-13,18,21-22H,4-6,9,14-16H2,(H,25,27)(H2,24,28,29)/t18-,21-,22-/m0/s1. The highest BCUT2D eigenvalue weighted by atomic mass is 32.2. The molecule has 10 heteroatoms. The van der Waals surface area contributed by atoms with Crippen LogP contribution in [-0.4, -0.2) is 45.7 Å². The van der Waals surface area contributed by atoms with Crippen LogP contribution in [0, 0.1) is 5.92 Å². The van der Waals surface area contributed by atoms with Gasteiger partial charge in [0, 0.05) is 12.6 Å². The molecule has 1 saturated carbocycles. The maximum Gasteiger partial charge on any atom is 0.244 e. The predicted octanol–water partition coefficient (Wildman–Crippen LogP) is 2.01. The van der Waals surface area contributed by atoms with Crippen molar-refractivity contribution in [3.05, 3.63) is 60.2 Å². The lowest BCUT2D eigenvalue weighted by Crippen LogP contribution is -2.49. The van der Waals surface area contributed by atoms with Crippen LogP contribution in [-0.2, 0) is 31.3 Å². The number of carbonyl (C=O) groups is 1. The topological polar surface area (TPSA) is 127 Å². The van der Waals surface area contributed by atoms with Crippen molar-refractivity contribution < 1.29 is 21.6 Å². The maximum atomic E-state index is 13.5. The molecule has 8 nitrogen and oxygen atoms in total. The van der Waals surface area contributed by atoms with E-state index < -0.39 is 26.1 Å². The number of sulfonamides is 2. The Morgan fingerprint density at radius 1 is 0.939 bits per heavy atom. The van der Waals surface area contributed by atoms with Crippen molar-refractivity contribution in [2.45, 2.75) is 60.4 Å². The van der Waals surface area contributed by atoms with Crippen LogP contribution in [0.4, 0.5) is 0 Å². The summed E-state index contributed by atoms with van der Waals surface area (Å²) in [6.45, 7) is 0.318. The molecule has 1 saturated heterocycles. The second-order valence-corrected chi connectivity index (χ2v) is 12.1. The average molecular weight is 492 g/mol. The lowest BCUT2D eigenvalue weighted by Gasteiger charge is -2.32. The molecule has 178 valence electrons. The number of rotatable bonds is 7. The Morgan fingerprint density at radius 2 is 1.61 bits per heavy atom. The number of primary sulfonamides is 1. The Hall–Kier alpha value is -2.27. The van der Waals surface area contributed by atoms with E-state index in [0.717, 1.165) is 31.2 Å². The largest absolute Gasteiger partial charge is 0.354 e. The molecule has 3 atom stereocenters. The third-order valence-electron chi connectivity index (χ3n) is 6.62. The molecule has 33 heavy (non-hydrogen) atoms. The van der Waals surface area contributed by atoms with Gasteiger partial charge in [-0.1, -0.05) is 43.2 Å². The van der Waals surface area contributed by atoms with Crippen LogP contribution in [0.3, 0.4) is 0 Å². The predicted molar refractivity (Wildman–Crippen MR) is 124 cm³/mol. The van der Waals surface area contributed by atoms with Crippen LogP contribution >= 0.6 is 0 Å². The molecule has 2 fully saturated rings. The van der Waals surface area contributed by atoms with E-state index in [9.17, 15) is 21.6 Å². The van der Waals surface area contributed by atoms with Gasteiger partial charge in [0.25, 0.3) is 0 Å². The average Bonchev–Trinajstić information content (AvgIpc) is 3.20. The molecule has 0 spiro atoms. The molecule has 0 aromatic heterocycles. The van der Waals surface area contributed by atoms with Gasteiger partial charge in [0.05, 0.1) is 9.79 Å². The summed E-state index contributed by atoms with van der Waals surface area (Å²) in [5.41, 5.74) is 0.844. The number of fused-ring (bicyclic) bond motifs is 1. The smallest absolute Gasteiger partial charge is 0.244 e. The molecule has 2 aromatic rings. The lowest BCUT2D eigenvalue weighted by molar-refractivity contribution is -0.124. The molecule has 1 aliphatic heterocycles. The molecule has 2 aromatic carbocycles. The first-order valence-electron chi connectivity index (χ1n) is 11.2. The van der Waals surface area contributed by atoms with Gasteiger partial charge in [0.2, 0.25) is 26.0 Å². The molecule has 0 unspecified atom stereocenters. The summed E-state index contributed by atoms with van der Waals surface area (Å²) in [5.74, 6) is -0.0937. The first kappa shape index (κ1) is 23.9. The summed E-state index contributed by atoms with van der Waals surface area (Å²) in [6, 6.07) is 13.6. The molecule has 3 N–H and O–H groups in total. The summed E-state index contributed by atoms with van der Waals surface area (Å²) in [6.07, 6.45) is 4.75. The monoisotopic (exact) mass is 491 g/mol. The third-order valence-corrected chi connectivity index (χ3v) is 9.49. The fraction of sp³-hybridized carbons (Fsp3) is 0.435. The van der Waals surface area contributed by atoms with Gasteiger partial charge >= 0.3 is 0 Å². The van der Waals surface area contributed by atoms with Gasteiger partial charge in [-0.05, 0) is 61.4 Å². The van der Waals surface area contributed by atoms with Gasteiger partial charge in [-0.25, -0.2) is 22.0 Å². The van der Waals surface area contributed by atoms with Gasteiger partial charge in [-0.15, -0.1) is 0 Å². The number of nitrogens with zero attached hydrogens (tertiary/aromatic N) is 1. The van der Waals surface area contributed by atoms with E-state index in [1.165, 1.54) is 16.4 Å². The number of benzene rings is 2. The van der Waals surface area contributed by atoms with Crippen LogP contribution in [0.1, 0.15) is 37.7 Å². The minimum Gasteiger partial charge on any atom is -0.354 e. The van der Waals surface area contributed by atoms with Crippen molar-refractivity contribution >= 4 is 26.0 Å². The zero-order chi connectivity index (χ0) is 23.6. The number of carbonyl (C=O) groups excluding carboxylic acids is 1. The SMILES string of the molecule is NS(=O)(=O)c1ccc(CCNC(=O)[C@@H]2C[C@@H]3CCCC[C@@H]3N2S(=O)(=O)c2ccccc2)cc1. The van der Waals surface area contributed by atoms with Gasteiger partial charge in [-0.3, -0.25) is 4.79 Å². The summed E-state index contributed by atoms with van der Waals surface area (Å²) in [7, 11) is -7.55. The summed E-state index contributed by atoms with van der Waals surface area (Å²) >= 11 is 0. The second kappa shape index (κ2) is 9.54. The highest BCUT2D eigenvalue weighted by molar-refractivity contribution is 7.89. The van der Waals surface area contributed by atoms with Crippen molar-refractivity contribution in [2.75, 3.05) is 6.54 Å². The van der Waals surface area contributed by atoms with E-state index in [4.69, 9.17) is 5.14 Å². The van der Waals surface area contributed by atoms with Crippen LogP contribution in [0.2, 0.25) is 0 Å². The van der Waals surface area contributed by atoms with Crippen LogP contribution in [0.25, 0.3) is 0 Å². The Kier molecular flexibility index (Phi) is 6.90. The van der Waals surface area contributed by atoms with Crippen molar-refractivity contribution in [2.24, 2.45) is 11.1 Å². The molecule has 2 aliphatic rings. The van der Waals surface area contributed by atoms with E-state index in [1.54, 1.807) is 42.5 Å². The second-order valence-electron chi connectivity index (χ2n) is 8.74. The summed E-state index contributed by atoms with van der Waals surface area (Å²) in [4.78, 5) is 13.4. The molecule has 1 heterocycles. The van der Waals surface area contributed by atoms with Gasteiger partial charge < -0.3 is 5.32 Å². The van der Waals surface area contributed by atoms with Crippen molar-refractivity contribution in [3.63, 3.8) is 0 Å². The number of hydrogen-bond acceptors (Lipinski definition) is 5. The van der Waals surface area contributed by atoms with Crippen LogP contribution < -0.4 is 10.5 Å². The van der Waals surface area contributed by atoms with Crippen molar-refractivity contribution in [3.8, 4) is 0 Å². The molecule has 0 bridgehead atoms. The molecule has 4 rings (SSSR count). The van der Waals surface area contributed by atoms with E-state index in [-0.39, 0.29) is 27.7 Å². The number of nitrogens with two attached hydrogens (primary N) is 1. The first-order chi connectivity index (χ1) is 15.7. The van der Waals surface area contributed by atoms with E-state index in [1.807, 2.05) is 0 Å². The van der Waals surface area contributed by atoms with Gasteiger partial charge in [0.15, 0.2) is 0 Å². The molecule has 1 amide bonds. The Labute approximate surface area is 195 Å². The van der Waals surface area contributed by atoms with E-state index in [2.05, 4.69) is 5.32 Å². The van der Waals surface area contributed by atoms with Crippen molar-refractivity contribution in [1.29, 1.82) is 0 Å². The zero-order valence-electron chi connectivity index (χ0n) is 18.3. The highest BCUT2D eigenvalue weighted by Gasteiger charge is 2.50. The van der Waals surface area contributed by atoms with Crippen molar-refractivity contribution in [1.82, 2.24) is 9.62 Å². The Morgan fingerprint density at radius 3 is 2.27 bits per heavy atom. The summed E-state index contributed by atoms with van der Waals surface area (Å²) in [5, 5.41) is 8.01. The summed E-state index contributed by atoms with van der Waals surface area (Å²) < 4.78 is 51.2. The van der Waals surface area contributed by atoms with Gasteiger partial charge in [0.1, 0.15) is 6.04 Å². The zero-order valence-corrected chi connectivity index (χ0v) is 19.9. The maximum absolute atomic E-state index is 13.5. The molecular formula is C23H29N3O5S2. The van der Waals surface area contributed by atoms with E-state index >= 15 is 0 Å². The van der Waals surface area contributed by atoms with Crippen LogP contribution in [0.5, 0.6) is 0 Å². The fourth-order valence-electron chi connectivity index (χ4n) is 5.00. The normalized spacial score (nSPS) is 23.7. The Balaban J connectivity index is 1.47. The fourth-order valence-corrected chi connectivity index (χ4v) is 7.41. The van der Waals surface area contributed by atoms with Crippen LogP contribution in [0.15, 0.2) is 64.4 Å². The third kappa shape index (κ3) is 5.13. The number of nitrogens with one attached hydrogen (secondary N) is 1. The molecule has 1 aliphatic carbocycles. The van der Waals surface area contributed by atoms with E-state index in [0.29, 0.717) is 19.4 Å². The minimum absolute atomic E-state index is 0.0330. The first-order valence-corrected chi connectivity index (χ1v) is 14.1. The Bertz CT molecular complexity index is 1200. The minimum atomic E-state index is -3.80. The number of hydrogen-bond donors (Lipinski definition) is 2. The molecular weight excluding hydrogens is 462 g/mol.